The lowest BCUT2D eigenvalue weighted by molar-refractivity contribution is -0.145. The van der Waals surface area contributed by atoms with Crippen molar-refractivity contribution in [2.45, 2.75) is 51.7 Å². The number of carbonyl (C=O) groups is 1. The van der Waals surface area contributed by atoms with E-state index in [4.69, 9.17) is 9.15 Å². The third-order valence-corrected chi connectivity index (χ3v) is 7.10. The van der Waals surface area contributed by atoms with Gasteiger partial charge in [-0.3, -0.25) is 9.69 Å². The molecule has 0 aliphatic carbocycles. The Kier molecular flexibility index (Phi) is 7.37. The molecule has 2 atom stereocenters. The van der Waals surface area contributed by atoms with Gasteiger partial charge in [-0.1, -0.05) is 61.5 Å². The van der Waals surface area contributed by atoms with E-state index < -0.39 is 12.0 Å². The number of hydrogen-bond acceptors (Lipinski definition) is 5. The number of oxazole rings is 1. The van der Waals surface area contributed by atoms with E-state index >= 15 is 0 Å². The van der Waals surface area contributed by atoms with Crippen molar-refractivity contribution in [3.8, 4) is 17.2 Å². The van der Waals surface area contributed by atoms with Gasteiger partial charge in [-0.15, -0.1) is 0 Å². The Hall–Kier alpha value is -3.90. The molecule has 1 aliphatic rings. The number of rotatable bonds is 9. The lowest BCUT2D eigenvalue weighted by Gasteiger charge is -2.41. The zero-order chi connectivity index (χ0) is 25.8. The molecule has 1 aliphatic heterocycles. The fraction of sp³-hybridized carbons (Fsp3) is 0.290. The van der Waals surface area contributed by atoms with Gasteiger partial charge in [-0.25, -0.2) is 4.98 Å². The van der Waals surface area contributed by atoms with Gasteiger partial charge in [0.1, 0.15) is 17.6 Å². The summed E-state index contributed by atoms with van der Waals surface area (Å²) in [6, 6.07) is 25.2. The summed E-state index contributed by atoms with van der Waals surface area (Å²) in [5.74, 6) is 1.22. The molecule has 0 saturated heterocycles. The van der Waals surface area contributed by atoms with Gasteiger partial charge in [-0.2, -0.15) is 0 Å². The molecule has 5 rings (SSSR count). The maximum absolute atomic E-state index is 12.5. The summed E-state index contributed by atoms with van der Waals surface area (Å²) in [6.45, 7) is 5.05. The van der Waals surface area contributed by atoms with Crippen LogP contribution in [0.1, 0.15) is 47.5 Å². The van der Waals surface area contributed by atoms with Crippen LogP contribution in [0.25, 0.3) is 11.5 Å². The molecular formula is C31H32N2O4. The molecule has 2 heterocycles. The van der Waals surface area contributed by atoms with Crippen LogP contribution in [-0.2, 0) is 24.2 Å². The van der Waals surface area contributed by atoms with E-state index in [1.807, 2.05) is 73.7 Å². The summed E-state index contributed by atoms with van der Waals surface area (Å²) in [7, 11) is 0. The largest absolute Gasteiger partial charge is 0.493 e. The van der Waals surface area contributed by atoms with Crippen molar-refractivity contribution >= 4 is 5.97 Å². The van der Waals surface area contributed by atoms with Gasteiger partial charge in [0.25, 0.3) is 0 Å². The molecule has 0 saturated carbocycles. The zero-order valence-electron chi connectivity index (χ0n) is 21.3. The molecule has 0 amide bonds. The lowest BCUT2D eigenvalue weighted by Crippen LogP contribution is -2.46. The standard InChI is InChI=1S/C31H32N2O4/c1-3-25-18-24-14-15-26(19-27(24)29(31(34)35)33(25)20-22-10-6-4-7-11-22)36-17-16-28-21(2)37-30(32-28)23-12-8-5-9-13-23/h4-15,19,25,29H,3,16-18,20H2,1-2H3,(H,34,35)/t25-,29?/m0/s1. The number of aliphatic carboxylic acids is 1. The van der Waals surface area contributed by atoms with Crippen LogP contribution in [0.3, 0.4) is 0 Å². The second kappa shape index (κ2) is 11.0. The Morgan fingerprint density at radius 3 is 2.51 bits per heavy atom. The first-order valence-corrected chi connectivity index (χ1v) is 12.8. The molecular weight excluding hydrogens is 464 g/mol. The number of carboxylic acids is 1. The van der Waals surface area contributed by atoms with E-state index in [9.17, 15) is 9.90 Å². The second-order valence-corrected chi connectivity index (χ2v) is 9.51. The number of benzene rings is 3. The Bertz CT molecular complexity index is 1350. The fourth-order valence-corrected chi connectivity index (χ4v) is 5.16. The topological polar surface area (TPSA) is 75.8 Å². The molecule has 4 aromatic rings. The van der Waals surface area contributed by atoms with Gasteiger partial charge < -0.3 is 14.3 Å². The SMILES string of the molecule is CC[C@H]1Cc2ccc(OCCc3nc(-c4ccccc4)oc3C)cc2C(C(=O)O)N1Cc1ccccc1. The number of carboxylic acid groups (broad SMARTS) is 1. The maximum Gasteiger partial charge on any atom is 0.325 e. The minimum atomic E-state index is -0.834. The van der Waals surface area contributed by atoms with Gasteiger partial charge in [0, 0.05) is 24.6 Å². The Balaban J connectivity index is 1.32. The third kappa shape index (κ3) is 5.44. The van der Waals surface area contributed by atoms with Gasteiger partial charge in [-0.05, 0) is 60.7 Å². The van der Waals surface area contributed by atoms with E-state index in [1.165, 1.54) is 0 Å². The van der Waals surface area contributed by atoms with Crippen molar-refractivity contribution < 1.29 is 19.1 Å². The molecule has 37 heavy (non-hydrogen) atoms. The first kappa shape index (κ1) is 24.8. The molecule has 1 N–H and O–H groups in total. The van der Waals surface area contributed by atoms with E-state index in [1.54, 1.807) is 0 Å². The number of aryl methyl sites for hydroxylation is 1. The molecule has 0 radical (unpaired) electrons. The van der Waals surface area contributed by atoms with Crippen LogP contribution in [0.2, 0.25) is 0 Å². The normalized spacial score (nSPS) is 17.4. The summed E-state index contributed by atoms with van der Waals surface area (Å²) in [5, 5.41) is 10.3. The molecule has 0 bridgehead atoms. The number of hydrogen-bond donors (Lipinski definition) is 1. The number of fused-ring (bicyclic) bond motifs is 1. The first-order chi connectivity index (χ1) is 18.0. The molecule has 0 fully saturated rings. The predicted octanol–water partition coefficient (Wildman–Crippen LogP) is 6.23. The molecule has 0 spiro atoms. The van der Waals surface area contributed by atoms with Crippen LogP contribution < -0.4 is 4.74 Å². The minimum Gasteiger partial charge on any atom is -0.493 e. The molecule has 6 heteroatoms. The van der Waals surface area contributed by atoms with Crippen LogP contribution >= 0.6 is 0 Å². The molecule has 1 aromatic heterocycles. The van der Waals surface area contributed by atoms with Crippen LogP contribution in [0.15, 0.2) is 83.3 Å². The molecule has 190 valence electrons. The van der Waals surface area contributed by atoms with E-state index in [0.717, 1.165) is 46.5 Å². The highest BCUT2D eigenvalue weighted by molar-refractivity contribution is 5.77. The van der Waals surface area contributed by atoms with E-state index in [0.29, 0.717) is 31.2 Å². The highest BCUT2D eigenvalue weighted by Gasteiger charge is 2.38. The number of nitrogens with zero attached hydrogens (tertiary/aromatic N) is 2. The van der Waals surface area contributed by atoms with Crippen molar-refractivity contribution in [2.75, 3.05) is 6.61 Å². The first-order valence-electron chi connectivity index (χ1n) is 12.8. The summed E-state index contributed by atoms with van der Waals surface area (Å²) in [5.41, 5.74) is 4.81. The van der Waals surface area contributed by atoms with E-state index in [2.05, 4.69) is 28.9 Å². The number of ether oxygens (including phenoxy) is 1. The summed E-state index contributed by atoms with van der Waals surface area (Å²) in [6.07, 6.45) is 2.30. The Morgan fingerprint density at radius 1 is 1.08 bits per heavy atom. The molecule has 3 aromatic carbocycles. The van der Waals surface area contributed by atoms with E-state index in [-0.39, 0.29) is 6.04 Å². The van der Waals surface area contributed by atoms with Gasteiger partial charge in [0.2, 0.25) is 5.89 Å². The smallest absolute Gasteiger partial charge is 0.325 e. The van der Waals surface area contributed by atoms with Crippen LogP contribution in [0.4, 0.5) is 0 Å². The average Bonchev–Trinajstić information content (AvgIpc) is 3.29. The van der Waals surface area contributed by atoms with Crippen LogP contribution in [0, 0.1) is 6.92 Å². The maximum atomic E-state index is 12.5. The van der Waals surface area contributed by atoms with Gasteiger partial charge in [0.15, 0.2) is 0 Å². The van der Waals surface area contributed by atoms with Crippen molar-refractivity contribution in [1.82, 2.24) is 9.88 Å². The summed E-state index contributed by atoms with van der Waals surface area (Å²) in [4.78, 5) is 19.3. The minimum absolute atomic E-state index is 0.162. The third-order valence-electron chi connectivity index (χ3n) is 7.10. The second-order valence-electron chi connectivity index (χ2n) is 9.51. The molecule has 1 unspecified atom stereocenters. The quantitative estimate of drug-likeness (QED) is 0.296. The average molecular weight is 497 g/mol. The highest BCUT2D eigenvalue weighted by Crippen LogP contribution is 2.37. The van der Waals surface area contributed by atoms with Gasteiger partial charge >= 0.3 is 5.97 Å². The summed E-state index contributed by atoms with van der Waals surface area (Å²) >= 11 is 0. The van der Waals surface area contributed by atoms with Crippen molar-refractivity contribution in [2.24, 2.45) is 0 Å². The highest BCUT2D eigenvalue weighted by atomic mass is 16.5. The lowest BCUT2D eigenvalue weighted by atomic mass is 9.86. The fourth-order valence-electron chi connectivity index (χ4n) is 5.16. The zero-order valence-corrected chi connectivity index (χ0v) is 21.3. The molecule has 6 nitrogen and oxygen atoms in total. The monoisotopic (exact) mass is 496 g/mol. The Morgan fingerprint density at radius 2 is 1.81 bits per heavy atom. The van der Waals surface area contributed by atoms with Crippen molar-refractivity contribution in [3.63, 3.8) is 0 Å². The van der Waals surface area contributed by atoms with Crippen molar-refractivity contribution in [1.29, 1.82) is 0 Å². The Labute approximate surface area is 217 Å². The number of aromatic nitrogens is 1. The summed E-state index contributed by atoms with van der Waals surface area (Å²) < 4.78 is 11.9. The predicted molar refractivity (Wildman–Crippen MR) is 142 cm³/mol. The van der Waals surface area contributed by atoms with Gasteiger partial charge in [0.05, 0.1) is 12.3 Å². The van der Waals surface area contributed by atoms with Crippen molar-refractivity contribution in [3.05, 3.63) is 107 Å². The van der Waals surface area contributed by atoms with Crippen LogP contribution in [0.5, 0.6) is 5.75 Å². The van der Waals surface area contributed by atoms with Crippen LogP contribution in [-0.4, -0.2) is 33.6 Å².